The lowest BCUT2D eigenvalue weighted by Gasteiger charge is -2.19. The first kappa shape index (κ1) is 22.8. The minimum Gasteiger partial charge on any atom is -0.454 e. The summed E-state index contributed by atoms with van der Waals surface area (Å²) in [5.74, 6) is -0.195. The zero-order valence-corrected chi connectivity index (χ0v) is 19.0. The van der Waals surface area contributed by atoms with Gasteiger partial charge >= 0.3 is 5.97 Å². The van der Waals surface area contributed by atoms with Crippen molar-refractivity contribution in [2.75, 3.05) is 6.79 Å². The summed E-state index contributed by atoms with van der Waals surface area (Å²) in [6.45, 7) is 7.94. The maximum atomic E-state index is 12.3. The average molecular weight is 430 g/mol. The molecule has 0 atom stereocenters. The molecule has 32 heavy (non-hydrogen) atoms. The third-order valence-corrected chi connectivity index (χ3v) is 5.02. The van der Waals surface area contributed by atoms with Crippen LogP contribution in [0.15, 0.2) is 60.7 Å². The van der Waals surface area contributed by atoms with Crippen LogP contribution in [0.4, 0.5) is 0 Å². The summed E-state index contributed by atoms with van der Waals surface area (Å²) in [7, 11) is 1.78. The molecule has 3 rings (SSSR count). The molecule has 0 aliphatic rings. The summed E-state index contributed by atoms with van der Waals surface area (Å²) in [5.41, 5.74) is 4.04. The standard InChI is InChI=1S/C26H27N3O3/c1-18-15-23(29(5)28-18)24(31-17-32-25(30)20-9-7-6-8-10-20)22(16-27)19-11-13-21(14-12-19)26(2,3)4/h6-15H,17H2,1-5H3/b24-22-. The van der Waals surface area contributed by atoms with Gasteiger partial charge in [0, 0.05) is 7.05 Å². The number of hydrogen-bond donors (Lipinski definition) is 0. The number of aromatic nitrogens is 2. The van der Waals surface area contributed by atoms with Crippen LogP contribution in [0, 0.1) is 18.3 Å². The van der Waals surface area contributed by atoms with Gasteiger partial charge in [0.05, 0.1) is 11.3 Å². The van der Waals surface area contributed by atoms with E-state index >= 15 is 0 Å². The zero-order chi connectivity index (χ0) is 23.3. The van der Waals surface area contributed by atoms with Gasteiger partial charge in [0.25, 0.3) is 0 Å². The third-order valence-electron chi connectivity index (χ3n) is 5.02. The lowest BCUT2D eigenvalue weighted by molar-refractivity contribution is 0.00661. The molecule has 0 spiro atoms. The molecule has 6 nitrogen and oxygen atoms in total. The number of nitrogens with zero attached hydrogens (tertiary/aromatic N) is 3. The Hall–Kier alpha value is -3.85. The molecule has 0 saturated heterocycles. The number of benzene rings is 2. The Morgan fingerprint density at radius 2 is 1.69 bits per heavy atom. The molecule has 0 aliphatic carbocycles. The highest BCUT2D eigenvalue weighted by Gasteiger charge is 2.20. The summed E-state index contributed by atoms with van der Waals surface area (Å²) < 4.78 is 12.8. The Bertz CT molecular complexity index is 1160. The highest BCUT2D eigenvalue weighted by atomic mass is 16.7. The number of aryl methyl sites for hydroxylation is 2. The minimum atomic E-state index is -0.501. The summed E-state index contributed by atoms with van der Waals surface area (Å²) >= 11 is 0. The molecule has 1 heterocycles. The molecular weight excluding hydrogens is 402 g/mol. The number of rotatable bonds is 6. The molecule has 0 radical (unpaired) electrons. The van der Waals surface area contributed by atoms with Crippen LogP contribution in [0.25, 0.3) is 11.3 Å². The molecule has 164 valence electrons. The number of carbonyl (C=O) groups is 1. The lowest BCUT2D eigenvalue weighted by atomic mass is 9.86. The van der Waals surface area contributed by atoms with Crippen LogP contribution in [-0.4, -0.2) is 22.5 Å². The molecule has 0 amide bonds. The summed E-state index contributed by atoms with van der Waals surface area (Å²) in [4.78, 5) is 12.3. The van der Waals surface area contributed by atoms with Crippen molar-refractivity contribution in [1.82, 2.24) is 9.78 Å². The number of nitriles is 1. The van der Waals surface area contributed by atoms with Crippen LogP contribution in [-0.2, 0) is 21.9 Å². The van der Waals surface area contributed by atoms with E-state index in [1.807, 2.05) is 43.3 Å². The van der Waals surface area contributed by atoms with Gasteiger partial charge in [-0.15, -0.1) is 0 Å². The molecule has 2 aromatic carbocycles. The van der Waals surface area contributed by atoms with Crippen molar-refractivity contribution in [3.8, 4) is 6.07 Å². The normalized spacial score (nSPS) is 12.0. The van der Waals surface area contributed by atoms with Gasteiger partial charge in [-0.1, -0.05) is 63.2 Å². The van der Waals surface area contributed by atoms with E-state index in [-0.39, 0.29) is 12.2 Å². The van der Waals surface area contributed by atoms with E-state index in [9.17, 15) is 10.1 Å². The van der Waals surface area contributed by atoms with E-state index in [0.29, 0.717) is 28.2 Å². The molecule has 1 aromatic heterocycles. The van der Waals surface area contributed by atoms with Crippen molar-refractivity contribution >= 4 is 17.3 Å². The molecule has 0 fully saturated rings. The van der Waals surface area contributed by atoms with Crippen LogP contribution in [0.2, 0.25) is 0 Å². The molecule has 0 bridgehead atoms. The Morgan fingerprint density at radius 3 is 2.22 bits per heavy atom. The Kier molecular flexibility index (Phi) is 6.79. The fourth-order valence-electron chi connectivity index (χ4n) is 3.28. The number of esters is 1. The van der Waals surface area contributed by atoms with Crippen LogP contribution in [0.1, 0.15) is 53.6 Å². The minimum absolute atomic E-state index is 0.000823. The molecule has 0 aliphatic heterocycles. The average Bonchev–Trinajstić information content (AvgIpc) is 3.11. The maximum absolute atomic E-state index is 12.3. The SMILES string of the molecule is Cc1cc(/C(OCOC(=O)c2ccccc2)=C(\C#N)c2ccc(C(C)(C)C)cc2)n(C)n1. The van der Waals surface area contributed by atoms with Crippen molar-refractivity contribution in [2.24, 2.45) is 7.05 Å². The van der Waals surface area contributed by atoms with Gasteiger partial charge in [0.15, 0.2) is 5.76 Å². The fraction of sp³-hybridized carbons (Fsp3) is 0.269. The summed E-state index contributed by atoms with van der Waals surface area (Å²) in [5, 5.41) is 14.4. The van der Waals surface area contributed by atoms with Crippen molar-refractivity contribution in [3.05, 3.63) is 88.7 Å². The van der Waals surface area contributed by atoms with Crippen LogP contribution >= 0.6 is 0 Å². The van der Waals surface area contributed by atoms with E-state index in [0.717, 1.165) is 11.3 Å². The lowest BCUT2D eigenvalue weighted by Crippen LogP contribution is -2.11. The van der Waals surface area contributed by atoms with Crippen LogP contribution in [0.5, 0.6) is 0 Å². The predicted molar refractivity (Wildman–Crippen MR) is 123 cm³/mol. The van der Waals surface area contributed by atoms with Crippen molar-refractivity contribution < 1.29 is 14.3 Å². The van der Waals surface area contributed by atoms with E-state index < -0.39 is 5.97 Å². The quantitative estimate of drug-likeness (QED) is 0.231. The van der Waals surface area contributed by atoms with Gasteiger partial charge in [-0.05, 0) is 41.7 Å². The molecule has 0 saturated carbocycles. The Balaban J connectivity index is 1.94. The summed E-state index contributed by atoms with van der Waals surface area (Å²) in [6.07, 6.45) is 0. The Labute approximate surface area is 188 Å². The Morgan fingerprint density at radius 1 is 1.03 bits per heavy atom. The number of allylic oxidation sites excluding steroid dienone is 1. The number of hydrogen-bond acceptors (Lipinski definition) is 5. The van der Waals surface area contributed by atoms with Gasteiger partial charge in [0.1, 0.15) is 17.3 Å². The van der Waals surface area contributed by atoms with Crippen LogP contribution in [0.3, 0.4) is 0 Å². The van der Waals surface area contributed by atoms with E-state index in [1.165, 1.54) is 0 Å². The molecule has 3 aromatic rings. The molecule has 6 heteroatoms. The first-order chi connectivity index (χ1) is 15.2. The van der Waals surface area contributed by atoms with Gasteiger partial charge in [-0.3, -0.25) is 4.68 Å². The van der Waals surface area contributed by atoms with Gasteiger partial charge in [0.2, 0.25) is 6.79 Å². The highest BCUT2D eigenvalue weighted by Crippen LogP contribution is 2.30. The largest absolute Gasteiger partial charge is 0.454 e. The number of carbonyl (C=O) groups excluding carboxylic acids is 1. The predicted octanol–water partition coefficient (Wildman–Crippen LogP) is 5.25. The second-order valence-electron chi connectivity index (χ2n) is 8.50. The maximum Gasteiger partial charge on any atom is 0.340 e. The third kappa shape index (κ3) is 5.25. The van der Waals surface area contributed by atoms with Crippen molar-refractivity contribution in [2.45, 2.75) is 33.1 Å². The van der Waals surface area contributed by atoms with Crippen LogP contribution < -0.4 is 0 Å². The second-order valence-corrected chi connectivity index (χ2v) is 8.50. The topological polar surface area (TPSA) is 77.1 Å². The van der Waals surface area contributed by atoms with E-state index in [4.69, 9.17) is 9.47 Å². The first-order valence-corrected chi connectivity index (χ1v) is 10.3. The van der Waals surface area contributed by atoms with Gasteiger partial charge in [-0.2, -0.15) is 10.4 Å². The second kappa shape index (κ2) is 9.52. The molecular formula is C26H27N3O3. The highest BCUT2D eigenvalue weighted by molar-refractivity contribution is 5.94. The zero-order valence-electron chi connectivity index (χ0n) is 19.0. The smallest absolute Gasteiger partial charge is 0.340 e. The molecule has 0 unspecified atom stereocenters. The van der Waals surface area contributed by atoms with Crippen molar-refractivity contribution in [3.63, 3.8) is 0 Å². The fourth-order valence-corrected chi connectivity index (χ4v) is 3.28. The number of ether oxygens (including phenoxy) is 2. The van der Waals surface area contributed by atoms with Gasteiger partial charge < -0.3 is 9.47 Å². The van der Waals surface area contributed by atoms with Gasteiger partial charge in [-0.25, -0.2) is 4.79 Å². The van der Waals surface area contributed by atoms with E-state index in [1.54, 1.807) is 36.0 Å². The molecule has 0 N–H and O–H groups in total. The van der Waals surface area contributed by atoms with E-state index in [2.05, 4.69) is 31.9 Å². The monoisotopic (exact) mass is 429 g/mol. The first-order valence-electron chi connectivity index (χ1n) is 10.3. The summed E-state index contributed by atoms with van der Waals surface area (Å²) in [6, 6.07) is 20.6. The van der Waals surface area contributed by atoms with Crippen molar-refractivity contribution in [1.29, 1.82) is 5.26 Å².